The van der Waals surface area contributed by atoms with Gasteiger partial charge in [0.2, 0.25) is 0 Å². The summed E-state index contributed by atoms with van der Waals surface area (Å²) in [7, 11) is 0. The van der Waals surface area contributed by atoms with Gasteiger partial charge in [0.05, 0.1) is 5.54 Å². The highest BCUT2D eigenvalue weighted by Gasteiger charge is 2.62. The predicted molar refractivity (Wildman–Crippen MR) is 309 cm³/mol. The fourth-order valence-corrected chi connectivity index (χ4v) is 15.1. The third kappa shape index (κ3) is 6.15. The summed E-state index contributed by atoms with van der Waals surface area (Å²) in [5.41, 5.74) is 29.2. The third-order valence-electron chi connectivity index (χ3n) is 19.9. The number of hydrogen-bond donors (Lipinski definition) is 0. The minimum absolute atomic E-state index is 0.0165. The Labute approximate surface area is 432 Å². The first-order valence-electron chi connectivity index (χ1n) is 27.5. The fourth-order valence-electron chi connectivity index (χ4n) is 15.1. The van der Waals surface area contributed by atoms with Crippen LogP contribution in [-0.2, 0) is 32.5 Å². The minimum atomic E-state index is -0.190. The number of nitrogens with zero attached hydrogens (tertiary/aromatic N) is 2. The normalized spacial score (nSPS) is 22.3. The quantitative estimate of drug-likeness (QED) is 0.163. The molecule has 0 spiro atoms. The Balaban J connectivity index is 1.20. The number of anilines is 4. The molecule has 7 aromatic rings. The predicted octanol–water partition coefficient (Wildman–Crippen LogP) is 17.3. The Hall–Kier alpha value is -5.80. The monoisotopic (exact) mass is 943 g/mol. The van der Waals surface area contributed by atoms with Gasteiger partial charge in [0.15, 0.2) is 0 Å². The molecular weight excluding hydrogens is 868 g/mol. The van der Waals surface area contributed by atoms with Crippen molar-refractivity contribution < 1.29 is 0 Å². The average Bonchev–Trinajstić information content (AvgIpc) is 3.69. The lowest BCUT2D eigenvalue weighted by molar-refractivity contribution is 0.195. The molecule has 13 rings (SSSR count). The summed E-state index contributed by atoms with van der Waals surface area (Å²) in [6.07, 6.45) is 7.28. The van der Waals surface area contributed by atoms with Gasteiger partial charge in [-0.25, -0.2) is 0 Å². The van der Waals surface area contributed by atoms with E-state index in [1.54, 1.807) is 11.1 Å². The van der Waals surface area contributed by atoms with Crippen LogP contribution in [0.4, 0.5) is 22.7 Å². The Morgan fingerprint density at radius 2 is 1.03 bits per heavy atom. The van der Waals surface area contributed by atoms with Crippen LogP contribution in [0.5, 0.6) is 0 Å². The van der Waals surface area contributed by atoms with Crippen LogP contribution in [-0.4, -0.2) is 12.4 Å². The van der Waals surface area contributed by atoms with Gasteiger partial charge in [-0.2, -0.15) is 0 Å². The van der Waals surface area contributed by atoms with Crippen LogP contribution in [0.1, 0.15) is 174 Å². The van der Waals surface area contributed by atoms with Gasteiger partial charge in [-0.3, -0.25) is 0 Å². The average molecular weight is 943 g/mol. The van der Waals surface area contributed by atoms with Crippen molar-refractivity contribution in [3.8, 4) is 44.5 Å². The van der Waals surface area contributed by atoms with Crippen LogP contribution in [0.15, 0.2) is 127 Å². The molecule has 0 aromatic heterocycles. The highest BCUT2D eigenvalue weighted by molar-refractivity contribution is 6.93. The molecule has 2 atom stereocenters. The summed E-state index contributed by atoms with van der Waals surface area (Å²) < 4.78 is 0. The molecular formula is C69H75BN2. The van der Waals surface area contributed by atoms with Crippen LogP contribution in [0, 0.1) is 0 Å². The van der Waals surface area contributed by atoms with Crippen molar-refractivity contribution in [2.45, 2.75) is 173 Å². The molecule has 1 saturated carbocycles. The van der Waals surface area contributed by atoms with Crippen molar-refractivity contribution in [1.82, 2.24) is 0 Å². The second kappa shape index (κ2) is 14.7. The van der Waals surface area contributed by atoms with E-state index in [0.717, 1.165) is 0 Å². The first kappa shape index (κ1) is 46.0. The van der Waals surface area contributed by atoms with E-state index in [0.29, 0.717) is 0 Å². The van der Waals surface area contributed by atoms with Gasteiger partial charge >= 0.3 is 6.85 Å². The number of hydrogen-bond acceptors (Lipinski definition) is 2. The maximum atomic E-state index is 2.93. The molecule has 2 nitrogen and oxygen atoms in total. The maximum absolute atomic E-state index is 2.93. The molecule has 0 radical (unpaired) electrons. The van der Waals surface area contributed by atoms with E-state index in [2.05, 4.69) is 234 Å². The second-order valence-electron chi connectivity index (χ2n) is 27.6. The van der Waals surface area contributed by atoms with Crippen molar-refractivity contribution in [2.24, 2.45) is 0 Å². The van der Waals surface area contributed by atoms with E-state index in [4.69, 9.17) is 0 Å². The van der Waals surface area contributed by atoms with E-state index in [1.165, 1.54) is 145 Å². The van der Waals surface area contributed by atoms with Gasteiger partial charge in [-0.15, -0.1) is 0 Å². The largest absolute Gasteiger partial charge is 0.376 e. The van der Waals surface area contributed by atoms with Gasteiger partial charge in [0.1, 0.15) is 0 Å². The molecule has 3 heterocycles. The first-order chi connectivity index (χ1) is 33.9. The lowest BCUT2D eigenvalue weighted by atomic mass is 9.42. The van der Waals surface area contributed by atoms with Crippen LogP contribution in [0.25, 0.3) is 44.5 Å². The standard InChI is InChI=1S/C69H75BN2/c1-63(2,3)45-27-28-58(47(35-45)43-25-19-16-20-26-43)72-59-40-49-48-38-54-55(66(9,10)32-31-65(54,7)8)41-53(48)67(11,12)52(49)39-50(59)51-33-44(42-23-17-15-18-24-42)34-60-61(51)70(72)57-37-46(64(4,5)6)36-56-62(57)71(60)69(14)30-22-21-29-68(56,69)13/h15-20,23-28,33-41H,21-22,29-32H2,1-14H3. The SMILES string of the molecule is CC(C)(C)c1ccc(N2B3c4cc(C(C)(C)C)cc5c4N(c4cc(-c6ccccc6)cc(c43)-c3cc4c(cc32)-c2cc3c(cc2C4(C)C)C(C)(C)CCC3(C)C)C2(C)CCCCC52C)c(-c2ccccc2)c1. The molecule has 7 aromatic carbocycles. The van der Waals surface area contributed by atoms with Gasteiger partial charge in [0, 0.05) is 44.7 Å². The Morgan fingerprint density at radius 3 is 1.69 bits per heavy atom. The molecule has 2 unspecified atom stereocenters. The third-order valence-corrected chi connectivity index (χ3v) is 19.9. The van der Waals surface area contributed by atoms with Crippen molar-refractivity contribution in [3.63, 3.8) is 0 Å². The molecule has 1 fully saturated rings. The zero-order valence-electron chi connectivity index (χ0n) is 45.8. The summed E-state index contributed by atoms with van der Waals surface area (Å²) in [6.45, 7) is 34.5. The molecule has 3 heteroatoms. The zero-order chi connectivity index (χ0) is 50.4. The lowest BCUT2D eigenvalue weighted by Gasteiger charge is -2.53. The van der Waals surface area contributed by atoms with Gasteiger partial charge in [-0.05, 0) is 180 Å². The summed E-state index contributed by atoms with van der Waals surface area (Å²) in [5.74, 6) is 0. The lowest BCUT2D eigenvalue weighted by Crippen LogP contribution is -2.64. The summed E-state index contributed by atoms with van der Waals surface area (Å²) in [5, 5.41) is 0. The molecule has 3 aliphatic carbocycles. The van der Waals surface area contributed by atoms with Gasteiger partial charge in [0.25, 0.3) is 0 Å². The Morgan fingerprint density at radius 1 is 0.431 bits per heavy atom. The first-order valence-corrected chi connectivity index (χ1v) is 27.5. The van der Waals surface area contributed by atoms with Crippen LogP contribution in [0.2, 0.25) is 0 Å². The summed E-state index contributed by atoms with van der Waals surface area (Å²) in [6, 6.07) is 51.3. The number of fused-ring (bicyclic) bond motifs is 11. The maximum Gasteiger partial charge on any atom is 0.333 e. The minimum Gasteiger partial charge on any atom is -0.376 e. The van der Waals surface area contributed by atoms with Gasteiger partial charge in [-0.1, -0.05) is 188 Å². The molecule has 0 amide bonds. The Kier molecular flexibility index (Phi) is 9.40. The van der Waals surface area contributed by atoms with Crippen molar-refractivity contribution in [1.29, 1.82) is 0 Å². The van der Waals surface area contributed by atoms with E-state index < -0.39 is 0 Å². The van der Waals surface area contributed by atoms with Crippen LogP contribution < -0.4 is 20.6 Å². The van der Waals surface area contributed by atoms with Crippen molar-refractivity contribution in [3.05, 3.63) is 166 Å². The molecule has 3 aliphatic heterocycles. The fraction of sp³-hybridized carbons (Fsp3) is 0.391. The summed E-state index contributed by atoms with van der Waals surface area (Å²) >= 11 is 0. The molecule has 364 valence electrons. The topological polar surface area (TPSA) is 6.48 Å². The second-order valence-corrected chi connectivity index (χ2v) is 27.6. The van der Waals surface area contributed by atoms with Crippen LogP contribution >= 0.6 is 0 Å². The van der Waals surface area contributed by atoms with Crippen molar-refractivity contribution in [2.75, 3.05) is 9.71 Å². The molecule has 0 bridgehead atoms. The van der Waals surface area contributed by atoms with E-state index in [-0.39, 0.29) is 44.9 Å². The van der Waals surface area contributed by atoms with Gasteiger partial charge < -0.3 is 9.71 Å². The highest BCUT2D eigenvalue weighted by atomic mass is 15.3. The highest BCUT2D eigenvalue weighted by Crippen LogP contribution is 2.64. The summed E-state index contributed by atoms with van der Waals surface area (Å²) in [4.78, 5) is 5.79. The Bertz CT molecular complexity index is 3450. The molecule has 72 heavy (non-hydrogen) atoms. The van der Waals surface area contributed by atoms with E-state index >= 15 is 0 Å². The molecule has 6 aliphatic rings. The van der Waals surface area contributed by atoms with E-state index in [9.17, 15) is 0 Å². The van der Waals surface area contributed by atoms with Crippen LogP contribution in [0.3, 0.4) is 0 Å². The number of benzene rings is 7. The van der Waals surface area contributed by atoms with Crippen molar-refractivity contribution >= 4 is 40.5 Å². The smallest absolute Gasteiger partial charge is 0.333 e. The number of rotatable bonds is 3. The van der Waals surface area contributed by atoms with E-state index in [1.807, 2.05) is 0 Å². The molecule has 0 N–H and O–H groups in total. The zero-order valence-corrected chi connectivity index (χ0v) is 45.8. The molecule has 0 saturated heterocycles.